The molecule has 230 valence electrons. The van der Waals surface area contributed by atoms with Crippen LogP contribution in [-0.4, -0.2) is 0 Å². The molecule has 0 aliphatic carbocycles. The maximum atomic E-state index is 9.75. The van der Waals surface area contributed by atoms with Crippen molar-refractivity contribution in [2.45, 2.75) is 0 Å². The number of anilines is 3. The molecule has 0 aliphatic heterocycles. The van der Waals surface area contributed by atoms with E-state index in [2.05, 4.69) is 0 Å². The van der Waals surface area contributed by atoms with Gasteiger partial charge in [-0.25, -0.2) is 0 Å². The molecular formula is C46H29NOS. The second-order valence-electron chi connectivity index (χ2n) is 11.2. The fourth-order valence-corrected chi connectivity index (χ4v) is 7.27. The molecule has 2 aromatic heterocycles. The molecule has 0 saturated heterocycles. The molecule has 0 fully saturated rings. The fraction of sp³-hybridized carbons (Fsp3) is 0. The van der Waals surface area contributed by atoms with Crippen LogP contribution in [0.3, 0.4) is 0 Å². The van der Waals surface area contributed by atoms with Gasteiger partial charge < -0.3 is 9.32 Å². The maximum Gasteiger partial charge on any atom is 0.143 e. The number of fused-ring (bicyclic) bond motifs is 8. The second-order valence-corrected chi connectivity index (χ2v) is 12.3. The minimum atomic E-state index is -0.835. The van der Waals surface area contributed by atoms with Crippen LogP contribution in [0.15, 0.2) is 180 Å². The molecule has 2 heterocycles. The summed E-state index contributed by atoms with van der Waals surface area (Å²) < 4.78 is 164. The van der Waals surface area contributed by atoms with Crippen LogP contribution >= 0.6 is 11.3 Å². The largest absolute Gasteiger partial charge is 0.455 e. The van der Waals surface area contributed by atoms with E-state index in [1.165, 1.54) is 0 Å². The van der Waals surface area contributed by atoms with Crippen molar-refractivity contribution in [2.24, 2.45) is 0 Å². The van der Waals surface area contributed by atoms with Crippen molar-refractivity contribution < 1.29 is 27.7 Å². The molecule has 3 heteroatoms. The first kappa shape index (κ1) is 15.8. The molecule has 10 rings (SSSR count). The van der Waals surface area contributed by atoms with Gasteiger partial charge in [-0.15, -0.1) is 11.3 Å². The number of rotatable bonds is 5. The summed E-state index contributed by atoms with van der Waals surface area (Å²) in [7, 11) is 0. The minimum absolute atomic E-state index is 0.107. The number of benzene rings is 8. The molecule has 0 radical (unpaired) electrons. The van der Waals surface area contributed by atoms with E-state index in [4.69, 9.17) is 16.8 Å². The number of thiophene rings is 1. The van der Waals surface area contributed by atoms with Crippen molar-refractivity contribution >= 4 is 81.3 Å². The van der Waals surface area contributed by atoms with E-state index in [0.29, 0.717) is 5.56 Å². The van der Waals surface area contributed by atoms with Crippen LogP contribution in [0, 0.1) is 0 Å². The Kier molecular flexibility index (Phi) is 3.63. The molecule has 49 heavy (non-hydrogen) atoms. The van der Waals surface area contributed by atoms with E-state index in [1.54, 1.807) is 53.8 Å². The van der Waals surface area contributed by atoms with E-state index >= 15 is 0 Å². The highest BCUT2D eigenvalue weighted by atomic mass is 32.1. The Morgan fingerprint density at radius 2 is 1.29 bits per heavy atom. The van der Waals surface area contributed by atoms with Crippen LogP contribution < -0.4 is 4.90 Å². The molecule has 0 aliphatic rings. The molecule has 0 unspecified atom stereocenters. The third-order valence-electron chi connectivity index (χ3n) is 8.41. The second kappa shape index (κ2) is 11.2. The maximum absolute atomic E-state index is 9.75. The molecule has 0 amide bonds. The van der Waals surface area contributed by atoms with Gasteiger partial charge in [-0.2, -0.15) is 0 Å². The first-order valence-corrected chi connectivity index (χ1v) is 16.0. The van der Waals surface area contributed by atoms with E-state index in [9.17, 15) is 11.0 Å². The van der Waals surface area contributed by atoms with Gasteiger partial charge in [0.15, 0.2) is 0 Å². The number of hydrogen-bond donors (Lipinski definition) is 0. The van der Waals surface area contributed by atoms with Crippen LogP contribution in [0.1, 0.15) is 23.3 Å². The highest BCUT2D eigenvalue weighted by molar-refractivity contribution is 7.25. The minimum Gasteiger partial charge on any atom is -0.455 e. The molecule has 0 saturated carbocycles. The van der Waals surface area contributed by atoms with Crippen molar-refractivity contribution in [1.29, 1.82) is 0 Å². The van der Waals surface area contributed by atoms with Crippen molar-refractivity contribution in [3.63, 3.8) is 0 Å². The highest BCUT2D eigenvalue weighted by Crippen LogP contribution is 2.47. The Morgan fingerprint density at radius 1 is 0.510 bits per heavy atom. The average molecular weight is 661 g/mol. The molecule has 0 bridgehead atoms. The quantitative estimate of drug-likeness (QED) is 0.183. The summed E-state index contributed by atoms with van der Waals surface area (Å²) in [5, 5.41) is 0.226. The summed E-state index contributed by atoms with van der Waals surface area (Å²) in [6.45, 7) is 0. The van der Waals surface area contributed by atoms with E-state index in [1.807, 2.05) is 30.3 Å². The van der Waals surface area contributed by atoms with E-state index in [0.717, 1.165) is 25.1 Å². The van der Waals surface area contributed by atoms with Gasteiger partial charge in [-0.3, -0.25) is 0 Å². The number of nitrogens with zero attached hydrogens (tertiary/aromatic N) is 1. The van der Waals surface area contributed by atoms with Gasteiger partial charge in [0.2, 0.25) is 0 Å². The zero-order chi connectivity index (χ0) is 47.1. The summed E-state index contributed by atoms with van der Waals surface area (Å²) in [5.74, 6) is 0. The third kappa shape index (κ3) is 4.55. The van der Waals surface area contributed by atoms with Gasteiger partial charge in [-0.05, 0) is 76.5 Å². The zero-order valence-electron chi connectivity index (χ0n) is 42.2. The molecule has 8 aromatic carbocycles. The smallest absolute Gasteiger partial charge is 0.143 e. The first-order valence-electron chi connectivity index (χ1n) is 23.7. The Labute approximate surface area is 311 Å². The predicted octanol–water partition coefficient (Wildman–Crippen LogP) is 13.9. The summed E-state index contributed by atoms with van der Waals surface area (Å²) in [5.41, 5.74) is -2.44. The van der Waals surface area contributed by atoms with Gasteiger partial charge in [0.25, 0.3) is 0 Å². The average Bonchev–Trinajstić information content (AvgIpc) is 3.89. The van der Waals surface area contributed by atoms with Crippen molar-refractivity contribution in [1.82, 2.24) is 0 Å². The van der Waals surface area contributed by atoms with Crippen LogP contribution in [0.4, 0.5) is 17.1 Å². The monoisotopic (exact) mass is 660 g/mol. The molecule has 10 aromatic rings. The molecule has 2 nitrogen and oxygen atoms in total. The van der Waals surface area contributed by atoms with Crippen LogP contribution in [0.2, 0.25) is 0 Å². The molecular weight excluding hydrogens is 615 g/mol. The Balaban J connectivity index is 1.41. The summed E-state index contributed by atoms with van der Waals surface area (Å²) in [4.78, 5) is 0.908. The first-order chi connectivity index (χ1) is 31.4. The van der Waals surface area contributed by atoms with Crippen molar-refractivity contribution in [3.8, 4) is 22.3 Å². The lowest BCUT2D eigenvalue weighted by atomic mass is 9.99. The van der Waals surface area contributed by atoms with Crippen molar-refractivity contribution in [2.75, 3.05) is 4.90 Å². The number of hydrogen-bond acceptors (Lipinski definition) is 3. The van der Waals surface area contributed by atoms with Crippen LogP contribution in [-0.2, 0) is 0 Å². The van der Waals surface area contributed by atoms with Gasteiger partial charge in [0.05, 0.1) is 40.1 Å². The summed E-state index contributed by atoms with van der Waals surface area (Å²) >= 11 is 1.54. The SMILES string of the molecule is [2H]c1c([2H])c([2H])c(N(c2c([2H])c([2H])c(-c3ccc4sc5ccccc5c4c3)c([2H])c2[2H])c2c([2H])c([2H])c([2H])c3oc4c5c([2H])c([2H])c([2H])c([2H])c5c([2H])c([2H])c4c23)c(-c2ccccc2)c1[2H]. The lowest BCUT2D eigenvalue weighted by Crippen LogP contribution is -2.11. The Morgan fingerprint density at radius 3 is 2.20 bits per heavy atom. The molecule has 0 spiro atoms. The Bertz CT molecular complexity index is 3780. The van der Waals surface area contributed by atoms with Gasteiger partial charge in [0.1, 0.15) is 11.2 Å². The van der Waals surface area contributed by atoms with E-state index < -0.39 is 136 Å². The topological polar surface area (TPSA) is 16.4 Å². The van der Waals surface area contributed by atoms with Crippen molar-refractivity contribution in [3.05, 3.63) is 176 Å². The molecule has 0 atom stereocenters. The number of furan rings is 1. The Hall–Kier alpha value is -6.16. The van der Waals surface area contributed by atoms with Gasteiger partial charge >= 0.3 is 0 Å². The van der Waals surface area contributed by atoms with E-state index in [-0.39, 0.29) is 32.8 Å². The molecule has 0 N–H and O–H groups in total. The normalized spacial score (nSPS) is 16.5. The van der Waals surface area contributed by atoms with Gasteiger partial charge in [0, 0.05) is 42.2 Å². The third-order valence-corrected chi connectivity index (χ3v) is 9.56. The number of para-hydroxylation sites is 1. The highest BCUT2D eigenvalue weighted by Gasteiger charge is 2.22. The summed E-state index contributed by atoms with van der Waals surface area (Å²) in [6.07, 6.45) is 0. The predicted molar refractivity (Wildman–Crippen MR) is 210 cm³/mol. The zero-order valence-corrected chi connectivity index (χ0v) is 26.0. The fourth-order valence-electron chi connectivity index (χ4n) is 6.19. The summed E-state index contributed by atoms with van der Waals surface area (Å²) in [6, 6.07) is 9.03. The lowest BCUT2D eigenvalue weighted by molar-refractivity contribution is 0.672. The lowest BCUT2D eigenvalue weighted by Gasteiger charge is -2.28. The van der Waals surface area contributed by atoms with Gasteiger partial charge in [-0.1, -0.05) is 121 Å². The van der Waals surface area contributed by atoms with Crippen LogP contribution in [0.25, 0.3) is 75.1 Å². The van der Waals surface area contributed by atoms with Crippen LogP contribution in [0.5, 0.6) is 0 Å². The standard InChI is InChI=1S/C46H29NOS/c1-2-11-31(12-3-1)35-14-6-8-17-40(35)47(41-18-10-19-42-45(41)38-27-23-32-13-4-5-15-36(32)46(38)48-42)34-25-21-30(22-26-34)33-24-28-44-39(29-33)37-16-7-9-20-43(37)49-44/h1-29H/i4D,5D,6D,8D,10D,13D,14D,15D,17D,18D,19D,21D,22D,23D,25D,26D,27D.